The summed E-state index contributed by atoms with van der Waals surface area (Å²) in [4.78, 5) is 30.5. The van der Waals surface area contributed by atoms with Crippen LogP contribution in [0.15, 0.2) is 0 Å². The minimum atomic E-state index is -3.64. The smallest absolute Gasteiger partial charge is 0.322 e. The molecule has 0 aromatic heterocycles. The van der Waals surface area contributed by atoms with Gasteiger partial charge in [-0.3, -0.25) is 9.13 Å². The van der Waals surface area contributed by atoms with Crippen molar-refractivity contribution in [2.75, 3.05) is 26.4 Å². The van der Waals surface area contributed by atoms with E-state index in [4.69, 9.17) is 19.6 Å². The summed E-state index contributed by atoms with van der Waals surface area (Å²) in [5.74, 6) is 0. The number of hydrogen-bond donors (Lipinski definition) is 8. The molecular weight excluding hydrogens is 334 g/mol. The molecule has 0 spiro atoms. The average molecular weight is 364 g/mol. The van der Waals surface area contributed by atoms with Crippen LogP contribution in [0.3, 0.4) is 0 Å². The van der Waals surface area contributed by atoms with Crippen LogP contribution < -0.4 is 21.9 Å². The van der Waals surface area contributed by atoms with Crippen LogP contribution in [0.4, 0.5) is 0 Å². The highest BCUT2D eigenvalue weighted by Crippen LogP contribution is 2.27. The lowest BCUT2D eigenvalue weighted by molar-refractivity contribution is 0.354. The Labute approximate surface area is 131 Å². The van der Waals surface area contributed by atoms with E-state index in [-0.39, 0.29) is 0 Å². The van der Waals surface area contributed by atoms with Gasteiger partial charge in [-0.15, -0.1) is 0 Å². The second kappa shape index (κ2) is 14.7. The number of rotatable bonds is 0. The second-order valence-electron chi connectivity index (χ2n) is 4.90. The Hall–Kier alpha value is 0.140. The van der Waals surface area contributed by atoms with Gasteiger partial charge in [0.05, 0.1) is 0 Å². The minimum Gasteiger partial charge on any atom is -0.325 e. The lowest BCUT2D eigenvalue weighted by atomic mass is 10.1. The Morgan fingerprint density at radius 3 is 1.14 bits per heavy atom. The molecule has 1 rings (SSSR count). The van der Waals surface area contributed by atoms with Crippen molar-refractivity contribution in [3.05, 3.63) is 0 Å². The molecule has 1 heterocycles. The van der Waals surface area contributed by atoms with Crippen molar-refractivity contribution in [3.8, 4) is 0 Å². The van der Waals surface area contributed by atoms with E-state index in [1.807, 2.05) is 0 Å². The van der Waals surface area contributed by atoms with Gasteiger partial charge in [-0.05, 0) is 12.8 Å². The fourth-order valence-electron chi connectivity index (χ4n) is 1.35. The van der Waals surface area contributed by atoms with Crippen LogP contribution in [-0.2, 0) is 9.13 Å². The molecule has 8 N–H and O–H groups in total. The molecule has 1 aliphatic heterocycles. The van der Waals surface area contributed by atoms with E-state index in [0.29, 0.717) is 0 Å². The van der Waals surface area contributed by atoms with Gasteiger partial charge in [-0.2, -0.15) is 11.1 Å². The Morgan fingerprint density at radius 1 is 0.636 bits per heavy atom. The molecular formula is C10H30N4O6P2. The highest BCUT2D eigenvalue weighted by Gasteiger charge is 1.96. The zero-order valence-electron chi connectivity index (χ0n) is 13.2. The predicted octanol–water partition coefficient (Wildman–Crippen LogP) is 0.0318. The molecule has 0 bridgehead atoms. The number of hydrogen-bond acceptors (Lipinski definition) is 6. The Kier molecular flexibility index (Phi) is 16.3. The molecule has 1 fully saturated rings. The first kappa shape index (κ1) is 24.4. The van der Waals surface area contributed by atoms with Gasteiger partial charge < -0.3 is 19.6 Å². The Balaban J connectivity index is 0. The van der Waals surface area contributed by atoms with Crippen LogP contribution in [0.2, 0.25) is 0 Å². The normalized spacial score (nSPS) is 18.5. The SMILES string of the molecule is C1CCCCNNNNCCC1.CP(=O)(O)O.CP(=O)(O)O. The monoisotopic (exact) mass is 364 g/mol. The van der Waals surface area contributed by atoms with Gasteiger partial charge in [-0.25, -0.2) is 10.9 Å². The molecule has 12 heteroatoms. The summed E-state index contributed by atoms with van der Waals surface area (Å²) in [6, 6.07) is 0. The number of nitrogens with one attached hydrogen (secondary N) is 4. The zero-order chi connectivity index (χ0) is 17.5. The third kappa shape index (κ3) is 50.1. The van der Waals surface area contributed by atoms with Crippen molar-refractivity contribution in [2.24, 2.45) is 0 Å². The van der Waals surface area contributed by atoms with Crippen molar-refractivity contribution < 1.29 is 28.7 Å². The highest BCUT2D eigenvalue weighted by molar-refractivity contribution is 7.51. The van der Waals surface area contributed by atoms with Crippen molar-refractivity contribution in [1.82, 2.24) is 21.9 Å². The Bertz CT molecular complexity index is 256. The molecule has 10 nitrogen and oxygen atoms in total. The van der Waals surface area contributed by atoms with Crippen LogP contribution in [0.5, 0.6) is 0 Å². The molecule has 0 saturated carbocycles. The molecule has 0 aromatic carbocycles. The van der Waals surface area contributed by atoms with Gasteiger partial charge in [-0.1, -0.05) is 25.7 Å². The molecule has 0 atom stereocenters. The van der Waals surface area contributed by atoms with E-state index >= 15 is 0 Å². The van der Waals surface area contributed by atoms with E-state index in [0.717, 1.165) is 26.4 Å². The molecule has 0 radical (unpaired) electrons. The maximum absolute atomic E-state index is 9.33. The van der Waals surface area contributed by atoms with E-state index in [2.05, 4.69) is 21.9 Å². The minimum absolute atomic E-state index is 0.854. The maximum Gasteiger partial charge on any atom is 0.322 e. The Morgan fingerprint density at radius 2 is 0.864 bits per heavy atom. The molecule has 0 aliphatic carbocycles. The fraction of sp³-hybridized carbons (Fsp3) is 1.00. The molecule has 136 valence electrons. The van der Waals surface area contributed by atoms with Crippen LogP contribution in [0, 0.1) is 0 Å². The summed E-state index contributed by atoms with van der Waals surface area (Å²) in [6.07, 6.45) is 7.98. The summed E-state index contributed by atoms with van der Waals surface area (Å²) in [5.41, 5.74) is 11.9. The molecule has 1 aliphatic rings. The third-order valence-electron chi connectivity index (χ3n) is 2.09. The summed E-state index contributed by atoms with van der Waals surface area (Å²) in [6.45, 7) is 3.78. The summed E-state index contributed by atoms with van der Waals surface area (Å²) in [7, 11) is -7.28. The van der Waals surface area contributed by atoms with E-state index in [1.165, 1.54) is 38.5 Å². The lowest BCUT2D eigenvalue weighted by Gasteiger charge is -2.11. The van der Waals surface area contributed by atoms with Gasteiger partial charge in [0, 0.05) is 26.4 Å². The van der Waals surface area contributed by atoms with Crippen LogP contribution in [0.1, 0.15) is 38.5 Å². The van der Waals surface area contributed by atoms with Crippen LogP contribution >= 0.6 is 15.2 Å². The standard InChI is InChI=1S/C8H20N4.2CH5O3P/c1-2-4-6-8-10-12-11-9-7-5-3-1;2*1-5(2,3)4/h9-12H,1-8H2;2*1H3,(H2,2,3,4). The van der Waals surface area contributed by atoms with Gasteiger partial charge >= 0.3 is 15.2 Å². The summed E-state index contributed by atoms with van der Waals surface area (Å²) in [5, 5.41) is 0. The predicted molar refractivity (Wildman–Crippen MR) is 85.9 cm³/mol. The summed E-state index contributed by atoms with van der Waals surface area (Å²) < 4.78 is 18.7. The maximum atomic E-state index is 9.33. The molecule has 0 amide bonds. The topological polar surface area (TPSA) is 163 Å². The van der Waals surface area contributed by atoms with Crippen molar-refractivity contribution >= 4 is 15.2 Å². The van der Waals surface area contributed by atoms with E-state index in [1.54, 1.807) is 0 Å². The van der Waals surface area contributed by atoms with E-state index in [9.17, 15) is 9.13 Å². The molecule has 0 aromatic rings. The summed E-state index contributed by atoms with van der Waals surface area (Å²) >= 11 is 0. The van der Waals surface area contributed by atoms with Crippen molar-refractivity contribution in [2.45, 2.75) is 38.5 Å². The fourth-order valence-corrected chi connectivity index (χ4v) is 1.35. The second-order valence-corrected chi connectivity index (χ2v) is 8.24. The van der Waals surface area contributed by atoms with Crippen LogP contribution in [0.25, 0.3) is 0 Å². The molecule has 0 unspecified atom stereocenters. The lowest BCUT2D eigenvalue weighted by Crippen LogP contribution is -2.51. The van der Waals surface area contributed by atoms with Crippen molar-refractivity contribution in [3.63, 3.8) is 0 Å². The van der Waals surface area contributed by atoms with Gasteiger partial charge in [0.15, 0.2) is 0 Å². The zero-order valence-corrected chi connectivity index (χ0v) is 14.9. The van der Waals surface area contributed by atoms with E-state index < -0.39 is 15.2 Å². The largest absolute Gasteiger partial charge is 0.325 e. The first-order chi connectivity index (χ1) is 10.0. The highest BCUT2D eigenvalue weighted by atomic mass is 31.2. The van der Waals surface area contributed by atoms with Gasteiger partial charge in [0.1, 0.15) is 0 Å². The van der Waals surface area contributed by atoms with Gasteiger partial charge in [0.25, 0.3) is 0 Å². The van der Waals surface area contributed by atoms with Crippen LogP contribution in [-0.4, -0.2) is 46.0 Å². The first-order valence-electron chi connectivity index (χ1n) is 7.02. The third-order valence-corrected chi connectivity index (χ3v) is 2.09. The average Bonchev–Trinajstić information content (AvgIpc) is 2.25. The number of hydrazine groups is 3. The first-order valence-corrected chi connectivity index (χ1v) is 11.1. The van der Waals surface area contributed by atoms with Crippen molar-refractivity contribution in [1.29, 1.82) is 0 Å². The molecule has 1 saturated heterocycles. The van der Waals surface area contributed by atoms with Gasteiger partial charge in [0.2, 0.25) is 0 Å². The molecule has 22 heavy (non-hydrogen) atoms. The quantitative estimate of drug-likeness (QED) is 0.275.